The van der Waals surface area contributed by atoms with Gasteiger partial charge in [-0.1, -0.05) is 12.1 Å². The number of methoxy groups -OCH3 is 1. The van der Waals surface area contributed by atoms with Crippen molar-refractivity contribution in [3.05, 3.63) is 86.5 Å². The quantitative estimate of drug-likeness (QED) is 0.206. The van der Waals surface area contributed by atoms with Gasteiger partial charge in [-0.05, 0) is 48.4 Å². The van der Waals surface area contributed by atoms with Gasteiger partial charge < -0.3 is 18.9 Å². The topological polar surface area (TPSA) is 181 Å². The Morgan fingerprint density at radius 2 is 1.89 bits per heavy atom. The van der Waals surface area contributed by atoms with Crippen molar-refractivity contribution in [3.8, 4) is 6.07 Å². The number of nitriles is 1. The zero-order valence-corrected chi connectivity index (χ0v) is 26.4. The number of halogens is 3. The van der Waals surface area contributed by atoms with Crippen molar-refractivity contribution in [2.75, 3.05) is 52.1 Å². The Morgan fingerprint density at radius 1 is 1.22 bits per heavy atom. The van der Waals surface area contributed by atoms with Crippen molar-refractivity contribution < 1.29 is 45.3 Å². The Morgan fingerprint density at radius 3 is 2.41 bits per heavy atom. The van der Waals surface area contributed by atoms with E-state index in [1.807, 2.05) is 21.1 Å². The molecule has 17 heteroatoms. The van der Waals surface area contributed by atoms with Gasteiger partial charge in [0.25, 0.3) is 0 Å². The van der Waals surface area contributed by atoms with E-state index < -0.39 is 51.9 Å². The van der Waals surface area contributed by atoms with E-state index >= 15 is 0 Å². The number of aromatic nitrogens is 3. The highest BCUT2D eigenvalue weighted by Crippen LogP contribution is 2.43. The van der Waals surface area contributed by atoms with E-state index in [0.29, 0.717) is 28.6 Å². The number of fused-ring (bicyclic) bond motifs is 1. The van der Waals surface area contributed by atoms with E-state index in [4.69, 9.17) is 9.84 Å². The lowest BCUT2D eigenvalue weighted by atomic mass is 9.89. The first kappa shape index (κ1) is 36.0. The fourth-order valence-electron chi connectivity index (χ4n) is 4.80. The molecule has 1 aliphatic rings. The molecule has 46 heavy (non-hydrogen) atoms. The molecule has 248 valence electrons. The molecule has 13 nitrogen and oxygen atoms in total. The van der Waals surface area contributed by atoms with E-state index in [-0.39, 0.29) is 22.9 Å². The van der Waals surface area contributed by atoms with Crippen LogP contribution in [0.2, 0.25) is 0 Å². The number of esters is 1. The summed E-state index contributed by atoms with van der Waals surface area (Å²) < 4.78 is 76.1. The number of likely N-dealkylation sites (N-methyl/N-ethyl adjacent to an activating group) is 1. The molecule has 0 saturated heterocycles. The van der Waals surface area contributed by atoms with E-state index in [2.05, 4.69) is 16.3 Å². The monoisotopic (exact) mass is 666 g/mol. The minimum atomic E-state index is -4.61. The summed E-state index contributed by atoms with van der Waals surface area (Å²) in [6.07, 6.45) is -4.08. The Kier molecular flexibility index (Phi) is 10.8. The molecule has 0 radical (unpaired) electrons. The van der Waals surface area contributed by atoms with Crippen LogP contribution in [0.3, 0.4) is 0 Å². The maximum Gasteiger partial charge on any atom is 0.416 e. The van der Waals surface area contributed by atoms with Crippen molar-refractivity contribution in [1.29, 1.82) is 5.26 Å². The lowest BCUT2D eigenvalue weighted by Gasteiger charge is -2.36. The number of hydrogen-bond donors (Lipinski definition) is 2. The second-order valence-corrected chi connectivity index (χ2v) is 12.8. The maximum absolute atomic E-state index is 13.5. The molecule has 0 spiro atoms. The summed E-state index contributed by atoms with van der Waals surface area (Å²) in [5.41, 5.74) is 0.547. The average molecular weight is 667 g/mol. The number of rotatable bonds is 8. The Bertz CT molecular complexity index is 1840. The molecule has 0 bridgehead atoms. The zero-order chi connectivity index (χ0) is 34.6. The molecule has 0 unspecified atom stereocenters. The highest BCUT2D eigenvalue weighted by molar-refractivity contribution is 7.85. The minimum absolute atomic E-state index is 0.0105. The van der Waals surface area contributed by atoms with Crippen molar-refractivity contribution in [3.63, 3.8) is 0 Å². The molecule has 1 aliphatic heterocycles. The van der Waals surface area contributed by atoms with Gasteiger partial charge in [-0.2, -0.15) is 18.4 Å². The van der Waals surface area contributed by atoms with Crippen LogP contribution in [0.1, 0.15) is 35.2 Å². The fourth-order valence-corrected chi connectivity index (χ4v) is 5.03. The minimum Gasteiger partial charge on any atom is -0.748 e. The number of quaternary nitrogens is 1. The number of carbonyl (C=O) groups is 1. The standard InChI is InChI=1S/C27H27F3N6O3.C2H6O4S/c1-16-22(24(37)39-5)23(21-10-9-17(15-31)13-18(21)11-12-36(2,3)4)35-25(32-33-26(35)38)34(16)20-8-6-7-19(14-20)27(28,29)30;3-1-2-7(4,5)6/h6-10,13-14,23H,11-12H2,1-5H3;3H,1-2H2,(H,4,5,6)/t23-;/m1./s1. The number of ether oxygens (including phenoxy) is 1. The summed E-state index contributed by atoms with van der Waals surface area (Å²) in [6.45, 7) is 1.66. The number of hydrogen-bond acceptors (Lipinski definition) is 10. The molecular formula is C29H33F3N6O7S. The second-order valence-electron chi connectivity index (χ2n) is 11.3. The number of benzene rings is 2. The third-order valence-corrected chi connectivity index (χ3v) is 7.62. The van der Waals surface area contributed by atoms with Gasteiger partial charge in [-0.3, -0.25) is 4.90 Å². The van der Waals surface area contributed by atoms with Crippen LogP contribution in [-0.4, -0.2) is 90.5 Å². The average Bonchev–Trinajstić information content (AvgIpc) is 3.34. The summed E-state index contributed by atoms with van der Waals surface area (Å²) in [6, 6.07) is 10.7. The van der Waals surface area contributed by atoms with Crippen LogP contribution in [0.5, 0.6) is 0 Å². The van der Waals surface area contributed by atoms with E-state index in [1.54, 1.807) is 25.1 Å². The van der Waals surface area contributed by atoms with E-state index in [9.17, 15) is 41.0 Å². The summed E-state index contributed by atoms with van der Waals surface area (Å²) in [5, 5.41) is 23.9. The predicted octanol–water partition coefficient (Wildman–Crippen LogP) is 2.42. The normalized spacial score (nSPS) is 15.1. The molecule has 4 rings (SSSR count). The van der Waals surface area contributed by atoms with Crippen LogP contribution in [-0.2, 0) is 32.2 Å². The summed E-state index contributed by atoms with van der Waals surface area (Å²) in [7, 11) is 3.07. The fraction of sp³-hybridized carbons (Fsp3) is 0.379. The van der Waals surface area contributed by atoms with E-state index in [1.165, 1.54) is 28.7 Å². The van der Waals surface area contributed by atoms with Gasteiger partial charge in [0.1, 0.15) is 6.04 Å². The number of anilines is 2. The molecule has 1 atom stereocenters. The SMILES string of the molecule is COC(=O)C1=C(C)N(c2cccc(C(F)(F)F)c2)c2n[nH]c(=O)n2[C@@H]1c1ccc(C#N)cc1CC[N+](C)(C)C.O=S(=O)([O-])CCO. The summed E-state index contributed by atoms with van der Waals surface area (Å²) in [4.78, 5) is 27.8. The number of carbonyl (C=O) groups excluding carboxylic acids is 1. The van der Waals surface area contributed by atoms with Gasteiger partial charge in [0.2, 0.25) is 5.95 Å². The summed E-state index contributed by atoms with van der Waals surface area (Å²) in [5.74, 6) is -1.43. The van der Waals surface area contributed by atoms with Crippen LogP contribution in [0, 0.1) is 11.3 Å². The maximum atomic E-state index is 13.5. The number of nitrogens with one attached hydrogen (secondary N) is 1. The lowest BCUT2D eigenvalue weighted by Crippen LogP contribution is -2.39. The summed E-state index contributed by atoms with van der Waals surface area (Å²) >= 11 is 0. The van der Waals surface area contributed by atoms with E-state index in [0.717, 1.165) is 17.7 Å². The number of aromatic amines is 1. The molecule has 2 heterocycles. The first-order valence-corrected chi connectivity index (χ1v) is 15.2. The molecule has 2 aromatic carbocycles. The van der Waals surface area contributed by atoms with Gasteiger partial charge in [-0.15, -0.1) is 5.10 Å². The van der Waals surface area contributed by atoms with Gasteiger partial charge >= 0.3 is 17.8 Å². The number of alkyl halides is 3. The lowest BCUT2D eigenvalue weighted by molar-refractivity contribution is -0.870. The molecule has 3 aromatic rings. The van der Waals surface area contributed by atoms with Gasteiger partial charge in [0, 0.05) is 17.8 Å². The molecule has 2 N–H and O–H groups in total. The van der Waals surface area contributed by atoms with Crippen molar-refractivity contribution in [2.45, 2.75) is 25.6 Å². The molecule has 1 aromatic heterocycles. The molecule has 0 amide bonds. The Balaban J connectivity index is 0.000000738. The zero-order valence-electron chi connectivity index (χ0n) is 25.6. The molecule has 0 saturated carbocycles. The smallest absolute Gasteiger partial charge is 0.416 e. The molecule has 0 aliphatic carbocycles. The van der Waals surface area contributed by atoms with Crippen LogP contribution in [0.4, 0.5) is 24.8 Å². The highest BCUT2D eigenvalue weighted by Gasteiger charge is 2.41. The first-order valence-electron chi connectivity index (χ1n) is 13.6. The van der Waals surface area contributed by atoms with Crippen LogP contribution in [0.15, 0.2) is 58.5 Å². The second kappa shape index (κ2) is 13.9. The molecular weight excluding hydrogens is 633 g/mol. The number of H-pyrrole nitrogens is 1. The van der Waals surface area contributed by atoms with Crippen LogP contribution >= 0.6 is 0 Å². The largest absolute Gasteiger partial charge is 0.748 e. The number of aliphatic hydroxyl groups is 1. The molecule has 0 fully saturated rings. The van der Waals surface area contributed by atoms with Crippen LogP contribution in [0.25, 0.3) is 0 Å². The third kappa shape index (κ3) is 8.40. The third-order valence-electron chi connectivity index (χ3n) is 6.94. The van der Waals surface area contributed by atoms with Crippen molar-refractivity contribution in [1.82, 2.24) is 14.8 Å². The number of nitrogens with zero attached hydrogens (tertiary/aromatic N) is 5. The Hall–Kier alpha value is -4.50. The number of allylic oxidation sites excluding steroid dienone is 1. The van der Waals surface area contributed by atoms with Gasteiger partial charge in [-0.25, -0.2) is 27.7 Å². The predicted molar refractivity (Wildman–Crippen MR) is 159 cm³/mol. The van der Waals surface area contributed by atoms with Gasteiger partial charge in [0.05, 0.1) is 80.0 Å². The van der Waals surface area contributed by atoms with Crippen LogP contribution < -0.4 is 10.6 Å². The first-order chi connectivity index (χ1) is 21.3. The van der Waals surface area contributed by atoms with Crippen molar-refractivity contribution in [2.24, 2.45) is 0 Å². The highest BCUT2D eigenvalue weighted by atomic mass is 32.2. The Labute approximate surface area is 263 Å². The van der Waals surface area contributed by atoms with Crippen molar-refractivity contribution >= 4 is 27.7 Å². The van der Waals surface area contributed by atoms with Gasteiger partial charge in [0.15, 0.2) is 0 Å². The number of aliphatic hydroxyl groups excluding tert-OH is 1.